The third-order valence-corrected chi connectivity index (χ3v) is 4.47. The third kappa shape index (κ3) is 3.13. The van der Waals surface area contributed by atoms with Gasteiger partial charge in [-0.05, 0) is 52.4 Å². The van der Waals surface area contributed by atoms with Crippen molar-refractivity contribution in [3.8, 4) is 0 Å². The van der Waals surface area contributed by atoms with Gasteiger partial charge in [0.2, 0.25) is 0 Å². The van der Waals surface area contributed by atoms with E-state index in [4.69, 9.17) is 5.73 Å². The van der Waals surface area contributed by atoms with Crippen molar-refractivity contribution in [3.63, 3.8) is 0 Å². The molecule has 0 radical (unpaired) electrons. The maximum atomic E-state index is 6.11. The quantitative estimate of drug-likeness (QED) is 0.868. The van der Waals surface area contributed by atoms with Crippen molar-refractivity contribution >= 4 is 5.82 Å². The summed E-state index contributed by atoms with van der Waals surface area (Å²) in [4.78, 5) is 6.85. The Morgan fingerprint density at radius 2 is 2.05 bits per heavy atom. The number of anilines is 1. The summed E-state index contributed by atoms with van der Waals surface area (Å²) in [6.45, 7) is 10.1. The molecule has 4 nitrogen and oxygen atoms in total. The molecule has 0 amide bonds. The Kier molecular flexibility index (Phi) is 5.00. The predicted octanol–water partition coefficient (Wildman–Crippen LogP) is 2.58. The van der Waals surface area contributed by atoms with Gasteiger partial charge < -0.3 is 11.1 Å². The van der Waals surface area contributed by atoms with E-state index < -0.39 is 0 Å². The van der Waals surface area contributed by atoms with E-state index in [9.17, 15) is 0 Å². The van der Waals surface area contributed by atoms with Gasteiger partial charge in [-0.15, -0.1) is 0 Å². The van der Waals surface area contributed by atoms with Crippen molar-refractivity contribution < 1.29 is 0 Å². The smallest absolute Gasteiger partial charge is 0.128 e. The van der Waals surface area contributed by atoms with Crippen LogP contribution in [0, 0.1) is 0 Å². The fourth-order valence-electron chi connectivity index (χ4n) is 3.27. The molecule has 1 atom stereocenters. The lowest BCUT2D eigenvalue weighted by Crippen LogP contribution is -2.54. The first-order chi connectivity index (χ1) is 9.57. The van der Waals surface area contributed by atoms with Gasteiger partial charge in [0, 0.05) is 17.3 Å². The molecule has 1 aromatic rings. The van der Waals surface area contributed by atoms with Gasteiger partial charge in [0.15, 0.2) is 0 Å². The van der Waals surface area contributed by atoms with E-state index in [2.05, 4.69) is 42.0 Å². The van der Waals surface area contributed by atoms with E-state index in [1.165, 1.54) is 32.4 Å². The number of nitrogens with two attached hydrogens (primary N) is 1. The number of rotatable bonds is 5. The molecular weight excluding hydrogens is 248 g/mol. The minimum atomic E-state index is 0.0353. The van der Waals surface area contributed by atoms with Crippen LogP contribution in [0.3, 0.4) is 0 Å². The molecular formula is C16H28N4. The largest absolute Gasteiger partial charge is 0.383 e. The summed E-state index contributed by atoms with van der Waals surface area (Å²) >= 11 is 0. The highest BCUT2D eigenvalue weighted by atomic mass is 15.2. The number of hydrogen-bond acceptors (Lipinski definition) is 4. The highest BCUT2D eigenvalue weighted by Gasteiger charge is 2.37. The number of nitrogens with zero attached hydrogens (tertiary/aromatic N) is 2. The molecule has 0 bridgehead atoms. The zero-order valence-corrected chi connectivity index (χ0v) is 13.0. The van der Waals surface area contributed by atoms with Crippen LogP contribution < -0.4 is 11.1 Å². The van der Waals surface area contributed by atoms with Crippen LogP contribution in [0.15, 0.2) is 18.3 Å². The maximum absolute atomic E-state index is 6.11. The Morgan fingerprint density at radius 3 is 2.65 bits per heavy atom. The van der Waals surface area contributed by atoms with E-state index in [1.54, 1.807) is 6.20 Å². The van der Waals surface area contributed by atoms with Crippen molar-refractivity contribution in [1.82, 2.24) is 15.2 Å². The highest BCUT2D eigenvalue weighted by molar-refractivity contribution is 5.42. The molecule has 1 aromatic heterocycles. The summed E-state index contributed by atoms with van der Waals surface area (Å²) < 4.78 is 0. The lowest BCUT2D eigenvalue weighted by molar-refractivity contribution is 0.0614. The minimum Gasteiger partial charge on any atom is -0.383 e. The van der Waals surface area contributed by atoms with Crippen LogP contribution in [0.4, 0.5) is 5.82 Å². The monoisotopic (exact) mass is 276 g/mol. The fourth-order valence-corrected chi connectivity index (χ4v) is 3.27. The Hall–Kier alpha value is -1.13. The van der Waals surface area contributed by atoms with Gasteiger partial charge in [0.05, 0.1) is 6.04 Å². The van der Waals surface area contributed by atoms with Crippen LogP contribution in [-0.2, 0) is 0 Å². The number of likely N-dealkylation sites (N-methyl/N-ethyl adjacent to an activating group) is 1. The first-order valence-corrected chi connectivity index (χ1v) is 7.76. The molecule has 4 heteroatoms. The summed E-state index contributed by atoms with van der Waals surface area (Å²) in [5, 5.41) is 3.62. The number of likely N-dealkylation sites (tertiary alicyclic amines) is 1. The zero-order valence-electron chi connectivity index (χ0n) is 13.0. The zero-order chi connectivity index (χ0) is 14.6. The van der Waals surface area contributed by atoms with E-state index in [0.29, 0.717) is 5.82 Å². The van der Waals surface area contributed by atoms with E-state index >= 15 is 0 Å². The first-order valence-electron chi connectivity index (χ1n) is 7.76. The Labute approximate surface area is 122 Å². The van der Waals surface area contributed by atoms with Gasteiger partial charge >= 0.3 is 0 Å². The van der Waals surface area contributed by atoms with Crippen molar-refractivity contribution in [2.45, 2.75) is 51.6 Å². The molecule has 20 heavy (non-hydrogen) atoms. The molecule has 0 spiro atoms. The topological polar surface area (TPSA) is 54.2 Å². The number of piperidine rings is 1. The molecule has 0 aliphatic carbocycles. The van der Waals surface area contributed by atoms with Crippen LogP contribution in [0.5, 0.6) is 0 Å². The second-order valence-corrected chi connectivity index (χ2v) is 6.17. The fraction of sp³-hybridized carbons (Fsp3) is 0.688. The lowest BCUT2D eigenvalue weighted by Gasteiger charge is -2.46. The molecule has 1 fully saturated rings. The molecule has 3 N–H and O–H groups in total. The summed E-state index contributed by atoms with van der Waals surface area (Å²) in [5.74, 6) is 0.642. The second kappa shape index (κ2) is 6.55. The molecule has 2 rings (SSSR count). The number of pyridine rings is 1. The summed E-state index contributed by atoms with van der Waals surface area (Å²) in [6, 6.07) is 4.28. The summed E-state index contributed by atoms with van der Waals surface area (Å²) in [6.07, 6.45) is 5.71. The van der Waals surface area contributed by atoms with Crippen molar-refractivity contribution in [2.24, 2.45) is 0 Å². The lowest BCUT2D eigenvalue weighted by atomic mass is 9.85. The molecule has 1 saturated heterocycles. The maximum Gasteiger partial charge on any atom is 0.128 e. The van der Waals surface area contributed by atoms with E-state index in [0.717, 1.165) is 12.1 Å². The van der Waals surface area contributed by atoms with Crippen molar-refractivity contribution in [1.29, 1.82) is 0 Å². The first kappa shape index (κ1) is 15.3. The van der Waals surface area contributed by atoms with Gasteiger partial charge in [-0.25, -0.2) is 4.98 Å². The van der Waals surface area contributed by atoms with E-state index in [-0.39, 0.29) is 11.6 Å². The Bertz CT molecular complexity index is 424. The van der Waals surface area contributed by atoms with Gasteiger partial charge in [-0.1, -0.05) is 19.4 Å². The number of nitrogens with one attached hydrogen (secondary N) is 1. The average Bonchev–Trinajstić information content (AvgIpc) is 2.46. The van der Waals surface area contributed by atoms with Crippen LogP contribution in [0.2, 0.25) is 0 Å². The van der Waals surface area contributed by atoms with Crippen LogP contribution in [-0.4, -0.2) is 35.1 Å². The summed E-state index contributed by atoms with van der Waals surface area (Å²) in [7, 11) is 0. The molecule has 2 heterocycles. The van der Waals surface area contributed by atoms with Crippen LogP contribution in [0.25, 0.3) is 0 Å². The highest BCUT2D eigenvalue weighted by Crippen LogP contribution is 2.34. The second-order valence-electron chi connectivity index (χ2n) is 6.17. The molecule has 0 saturated carbocycles. The molecule has 1 unspecified atom stereocenters. The number of aromatic nitrogens is 1. The van der Waals surface area contributed by atoms with Crippen LogP contribution >= 0.6 is 0 Å². The summed E-state index contributed by atoms with van der Waals surface area (Å²) in [5.41, 5.74) is 7.26. The number of nitrogen functional groups attached to an aromatic ring is 1. The molecule has 1 aliphatic rings. The van der Waals surface area contributed by atoms with Gasteiger partial charge in [0.1, 0.15) is 5.82 Å². The Morgan fingerprint density at radius 1 is 1.35 bits per heavy atom. The minimum absolute atomic E-state index is 0.0353. The number of hydrogen-bond donors (Lipinski definition) is 2. The Balaban J connectivity index is 2.29. The molecule has 112 valence electrons. The van der Waals surface area contributed by atoms with Crippen molar-refractivity contribution in [2.75, 3.05) is 25.4 Å². The normalized spacial score (nSPS) is 18.9. The van der Waals surface area contributed by atoms with Gasteiger partial charge in [0.25, 0.3) is 0 Å². The molecule has 1 aliphatic heterocycles. The van der Waals surface area contributed by atoms with Crippen molar-refractivity contribution in [3.05, 3.63) is 23.9 Å². The predicted molar refractivity (Wildman–Crippen MR) is 84.6 cm³/mol. The van der Waals surface area contributed by atoms with Gasteiger partial charge in [-0.3, -0.25) is 4.90 Å². The average molecular weight is 276 g/mol. The molecule has 0 aromatic carbocycles. The SMILES string of the molecule is CCNC(c1cccnc1N)C(C)(C)N1CCCCC1. The third-order valence-electron chi connectivity index (χ3n) is 4.47. The van der Waals surface area contributed by atoms with Gasteiger partial charge in [-0.2, -0.15) is 0 Å². The standard InChI is InChI=1S/C16H28N4/c1-4-18-14(13-9-8-10-19-15(13)17)16(2,3)20-11-6-5-7-12-20/h8-10,14,18H,4-7,11-12H2,1-3H3,(H2,17,19). The van der Waals surface area contributed by atoms with Crippen LogP contribution in [0.1, 0.15) is 51.6 Å². The van der Waals surface area contributed by atoms with E-state index in [1.807, 2.05) is 6.07 Å².